The molecule has 1 aromatic carbocycles. The van der Waals surface area contributed by atoms with Crippen LogP contribution in [0.4, 0.5) is 4.79 Å². The van der Waals surface area contributed by atoms with Crippen LogP contribution in [0.15, 0.2) is 30.8 Å². The van der Waals surface area contributed by atoms with Crippen molar-refractivity contribution in [2.45, 2.75) is 32.7 Å². The Morgan fingerprint density at radius 2 is 2.04 bits per heavy atom. The summed E-state index contributed by atoms with van der Waals surface area (Å²) in [4.78, 5) is 13.8. The molecule has 0 atom stereocenters. The molecule has 1 aliphatic heterocycles. The van der Waals surface area contributed by atoms with E-state index in [0.717, 1.165) is 56.0 Å². The van der Waals surface area contributed by atoms with Crippen LogP contribution in [0.1, 0.15) is 38.3 Å². The van der Waals surface area contributed by atoms with Gasteiger partial charge in [-0.1, -0.05) is 30.4 Å². The number of morpholine rings is 1. The van der Waals surface area contributed by atoms with Crippen molar-refractivity contribution in [2.75, 3.05) is 39.4 Å². The van der Waals surface area contributed by atoms with Crippen LogP contribution in [0.3, 0.4) is 0 Å². The molecule has 0 unspecified atom stereocenters. The summed E-state index contributed by atoms with van der Waals surface area (Å²) in [7, 11) is 0. The molecule has 3 N–H and O–H groups in total. The predicted octanol–water partition coefficient (Wildman–Crippen LogP) is 1.56. The zero-order valence-corrected chi connectivity index (χ0v) is 15.8. The third-order valence-corrected chi connectivity index (χ3v) is 4.70. The Kier molecular flexibility index (Phi) is 7.02. The van der Waals surface area contributed by atoms with Gasteiger partial charge < -0.3 is 20.3 Å². The molecule has 5 nitrogen and oxygen atoms in total. The van der Waals surface area contributed by atoms with Crippen molar-refractivity contribution >= 4 is 11.6 Å². The molecular formula is C20H32N3O2+. The molecule has 0 radical (unpaired) electrons. The first-order valence-corrected chi connectivity index (χ1v) is 9.12. The first-order chi connectivity index (χ1) is 11.9. The third kappa shape index (κ3) is 6.18. The molecule has 138 valence electrons. The van der Waals surface area contributed by atoms with Crippen LogP contribution in [0, 0.1) is 0 Å². The minimum absolute atomic E-state index is 0.122. The van der Waals surface area contributed by atoms with E-state index < -0.39 is 5.54 Å². The van der Waals surface area contributed by atoms with E-state index in [9.17, 15) is 4.79 Å². The Labute approximate surface area is 151 Å². The average Bonchev–Trinajstić information content (AvgIpc) is 2.59. The van der Waals surface area contributed by atoms with Crippen LogP contribution in [-0.2, 0) is 10.3 Å². The molecule has 1 saturated heterocycles. The number of carbonyl (C=O) groups is 1. The topological polar surface area (TPSA) is 54.8 Å². The van der Waals surface area contributed by atoms with Gasteiger partial charge in [0, 0.05) is 13.0 Å². The van der Waals surface area contributed by atoms with E-state index in [0.29, 0.717) is 6.54 Å². The van der Waals surface area contributed by atoms with E-state index in [-0.39, 0.29) is 6.03 Å². The molecule has 5 heteroatoms. The van der Waals surface area contributed by atoms with Gasteiger partial charge in [0.25, 0.3) is 0 Å². The summed E-state index contributed by atoms with van der Waals surface area (Å²) in [6.07, 6.45) is 0.980. The van der Waals surface area contributed by atoms with Gasteiger partial charge in [0.05, 0.1) is 25.3 Å². The number of amides is 2. The number of rotatable bonds is 7. The van der Waals surface area contributed by atoms with Crippen LogP contribution in [0.2, 0.25) is 0 Å². The standard InChI is InChI=1S/C20H31N3O2/c1-16(2)17-7-5-8-18(15-17)20(3,4)22-19(24)21-9-6-10-23-11-13-25-14-12-23/h5,7-8,15H,1,6,9-14H2,2-4H3,(H2,21,22,24)/p+1. The van der Waals surface area contributed by atoms with Gasteiger partial charge in [0.2, 0.25) is 0 Å². The molecule has 0 aromatic heterocycles. The van der Waals surface area contributed by atoms with Crippen molar-refractivity contribution in [3.63, 3.8) is 0 Å². The van der Waals surface area contributed by atoms with Gasteiger partial charge in [-0.3, -0.25) is 0 Å². The molecule has 1 aromatic rings. The number of quaternary nitrogens is 1. The molecular weight excluding hydrogens is 314 g/mol. The smallest absolute Gasteiger partial charge is 0.315 e. The zero-order chi connectivity index (χ0) is 18.3. The van der Waals surface area contributed by atoms with E-state index in [1.54, 1.807) is 4.90 Å². The normalized spacial score (nSPS) is 15.6. The maximum absolute atomic E-state index is 12.2. The Morgan fingerprint density at radius 3 is 2.72 bits per heavy atom. The third-order valence-electron chi connectivity index (χ3n) is 4.70. The van der Waals surface area contributed by atoms with Crippen molar-refractivity contribution < 1.29 is 14.4 Å². The maximum Gasteiger partial charge on any atom is 0.315 e. The number of benzene rings is 1. The largest absolute Gasteiger partial charge is 0.370 e. The summed E-state index contributed by atoms with van der Waals surface area (Å²) in [5.41, 5.74) is 2.75. The second kappa shape index (κ2) is 9.02. The summed E-state index contributed by atoms with van der Waals surface area (Å²) >= 11 is 0. The van der Waals surface area contributed by atoms with Crippen molar-refractivity contribution in [1.29, 1.82) is 0 Å². The van der Waals surface area contributed by atoms with Gasteiger partial charge >= 0.3 is 6.03 Å². The number of hydrogen-bond donors (Lipinski definition) is 3. The van der Waals surface area contributed by atoms with Crippen molar-refractivity contribution in [1.82, 2.24) is 10.6 Å². The number of hydrogen-bond acceptors (Lipinski definition) is 2. The quantitative estimate of drug-likeness (QED) is 0.656. The molecule has 25 heavy (non-hydrogen) atoms. The lowest BCUT2D eigenvalue weighted by Gasteiger charge is -2.28. The first-order valence-electron chi connectivity index (χ1n) is 9.12. The van der Waals surface area contributed by atoms with E-state index >= 15 is 0 Å². The number of ether oxygens (including phenoxy) is 1. The molecule has 0 saturated carbocycles. The summed E-state index contributed by atoms with van der Waals surface area (Å²) in [6.45, 7) is 15.6. The lowest BCUT2D eigenvalue weighted by molar-refractivity contribution is -0.908. The minimum Gasteiger partial charge on any atom is -0.370 e. The molecule has 0 aliphatic carbocycles. The molecule has 0 spiro atoms. The average molecular weight is 346 g/mol. The summed E-state index contributed by atoms with van der Waals surface area (Å²) < 4.78 is 5.36. The zero-order valence-electron chi connectivity index (χ0n) is 15.8. The first kappa shape index (κ1) is 19.5. The van der Waals surface area contributed by atoms with E-state index in [1.165, 1.54) is 0 Å². The van der Waals surface area contributed by atoms with Gasteiger partial charge in [-0.2, -0.15) is 0 Å². The monoisotopic (exact) mass is 346 g/mol. The number of allylic oxidation sites excluding steroid dienone is 1. The van der Waals surface area contributed by atoms with Gasteiger partial charge in [-0.05, 0) is 38.0 Å². The highest BCUT2D eigenvalue weighted by atomic mass is 16.5. The van der Waals surface area contributed by atoms with Crippen molar-refractivity contribution in [3.05, 3.63) is 42.0 Å². The number of carbonyl (C=O) groups excluding carboxylic acids is 1. The van der Waals surface area contributed by atoms with Gasteiger partial charge in [0.1, 0.15) is 13.1 Å². The Morgan fingerprint density at radius 1 is 1.32 bits per heavy atom. The number of urea groups is 1. The minimum atomic E-state index is -0.439. The van der Waals surface area contributed by atoms with E-state index in [4.69, 9.17) is 4.74 Å². The van der Waals surface area contributed by atoms with Crippen LogP contribution in [0.5, 0.6) is 0 Å². The highest BCUT2D eigenvalue weighted by Gasteiger charge is 2.23. The second-order valence-electron chi connectivity index (χ2n) is 7.33. The lowest BCUT2D eigenvalue weighted by atomic mass is 9.92. The van der Waals surface area contributed by atoms with Gasteiger partial charge in [0.15, 0.2) is 0 Å². The number of nitrogens with one attached hydrogen (secondary N) is 3. The van der Waals surface area contributed by atoms with Crippen LogP contribution in [-0.4, -0.2) is 45.4 Å². The van der Waals surface area contributed by atoms with E-state index in [2.05, 4.69) is 23.3 Å². The summed E-state index contributed by atoms with van der Waals surface area (Å²) in [5, 5.41) is 6.04. The fraction of sp³-hybridized carbons (Fsp3) is 0.550. The van der Waals surface area contributed by atoms with Gasteiger partial charge in [-0.15, -0.1) is 0 Å². The van der Waals surface area contributed by atoms with Gasteiger partial charge in [-0.25, -0.2) is 4.79 Å². The molecule has 1 heterocycles. The molecule has 0 bridgehead atoms. The van der Waals surface area contributed by atoms with Crippen molar-refractivity contribution in [2.24, 2.45) is 0 Å². The summed E-state index contributed by atoms with van der Waals surface area (Å²) in [5.74, 6) is 0. The highest BCUT2D eigenvalue weighted by molar-refractivity contribution is 5.75. The Balaban J connectivity index is 1.78. The van der Waals surface area contributed by atoms with Crippen LogP contribution < -0.4 is 15.5 Å². The van der Waals surface area contributed by atoms with Crippen molar-refractivity contribution in [3.8, 4) is 0 Å². The van der Waals surface area contributed by atoms with E-state index in [1.807, 2.05) is 39.0 Å². The molecule has 2 amide bonds. The Hall–Kier alpha value is -1.85. The fourth-order valence-corrected chi connectivity index (χ4v) is 3.02. The Bertz CT molecular complexity index is 592. The summed E-state index contributed by atoms with van der Waals surface area (Å²) in [6, 6.07) is 8.04. The second-order valence-corrected chi connectivity index (χ2v) is 7.33. The highest BCUT2D eigenvalue weighted by Crippen LogP contribution is 2.23. The van der Waals surface area contributed by atoms with Crippen LogP contribution in [0.25, 0.3) is 5.57 Å². The molecule has 2 rings (SSSR count). The molecule has 1 fully saturated rings. The lowest BCUT2D eigenvalue weighted by Crippen LogP contribution is -3.14. The maximum atomic E-state index is 12.2. The fourth-order valence-electron chi connectivity index (χ4n) is 3.02. The SMILES string of the molecule is C=C(C)c1cccc(C(C)(C)NC(=O)NCCC[NH+]2CCOCC2)c1. The van der Waals surface area contributed by atoms with Crippen LogP contribution >= 0.6 is 0 Å². The predicted molar refractivity (Wildman–Crippen MR) is 102 cm³/mol. The molecule has 1 aliphatic rings.